The zero-order valence-electron chi connectivity index (χ0n) is 15.1. The largest absolute Gasteiger partial charge is 0.457 e. The van der Waals surface area contributed by atoms with Crippen molar-refractivity contribution >= 4 is 17.6 Å². The Bertz CT molecular complexity index is 803. The Hall–Kier alpha value is -3.02. The Labute approximate surface area is 158 Å². The number of carbonyl (C=O) groups excluding carboxylic acids is 2. The summed E-state index contributed by atoms with van der Waals surface area (Å²) in [6.07, 6.45) is 2.71. The quantitative estimate of drug-likeness (QED) is 0.825. The van der Waals surface area contributed by atoms with Gasteiger partial charge in [0.05, 0.1) is 6.04 Å². The fourth-order valence-corrected chi connectivity index (χ4v) is 3.17. The van der Waals surface area contributed by atoms with Crippen LogP contribution in [0.15, 0.2) is 54.6 Å². The summed E-state index contributed by atoms with van der Waals surface area (Å²) < 4.78 is 5.78. The van der Waals surface area contributed by atoms with Gasteiger partial charge in [-0.25, -0.2) is 4.79 Å². The van der Waals surface area contributed by atoms with E-state index in [1.54, 1.807) is 4.90 Å². The van der Waals surface area contributed by atoms with E-state index < -0.39 is 0 Å². The van der Waals surface area contributed by atoms with Gasteiger partial charge in [0.1, 0.15) is 11.5 Å². The number of urea groups is 1. The molecule has 1 unspecified atom stereocenters. The number of amides is 3. The molecule has 0 spiro atoms. The van der Waals surface area contributed by atoms with Gasteiger partial charge in [0.15, 0.2) is 0 Å². The van der Waals surface area contributed by atoms with Crippen LogP contribution < -0.4 is 20.3 Å². The predicted octanol–water partition coefficient (Wildman–Crippen LogP) is 3.29. The Morgan fingerprint density at radius 2 is 1.74 bits per heavy atom. The van der Waals surface area contributed by atoms with E-state index in [4.69, 9.17) is 4.74 Å². The van der Waals surface area contributed by atoms with Gasteiger partial charge in [-0.2, -0.15) is 0 Å². The summed E-state index contributed by atoms with van der Waals surface area (Å²) in [7, 11) is 0. The summed E-state index contributed by atoms with van der Waals surface area (Å²) in [4.78, 5) is 26.0. The van der Waals surface area contributed by atoms with Crippen LogP contribution in [-0.4, -0.2) is 31.1 Å². The number of rotatable bonds is 6. The lowest BCUT2D eigenvalue weighted by Gasteiger charge is -2.18. The van der Waals surface area contributed by atoms with Crippen molar-refractivity contribution in [2.24, 2.45) is 5.92 Å². The first-order valence-corrected chi connectivity index (χ1v) is 9.35. The highest BCUT2D eigenvalue weighted by Crippen LogP contribution is 2.28. The van der Waals surface area contributed by atoms with Crippen molar-refractivity contribution in [1.82, 2.24) is 10.6 Å². The van der Waals surface area contributed by atoms with Crippen LogP contribution in [0.5, 0.6) is 11.5 Å². The van der Waals surface area contributed by atoms with Gasteiger partial charge in [-0.3, -0.25) is 4.79 Å². The van der Waals surface area contributed by atoms with Gasteiger partial charge >= 0.3 is 6.03 Å². The number of nitrogens with one attached hydrogen (secondary N) is 2. The van der Waals surface area contributed by atoms with Crippen LogP contribution in [0.4, 0.5) is 10.5 Å². The predicted molar refractivity (Wildman–Crippen MR) is 103 cm³/mol. The Morgan fingerprint density at radius 1 is 1.04 bits per heavy atom. The highest BCUT2D eigenvalue weighted by Gasteiger charge is 2.32. The fourth-order valence-electron chi connectivity index (χ4n) is 3.17. The lowest BCUT2D eigenvalue weighted by Crippen LogP contribution is -2.43. The zero-order valence-corrected chi connectivity index (χ0v) is 15.1. The molecular formula is C21H23N3O3. The Morgan fingerprint density at radius 3 is 2.44 bits per heavy atom. The van der Waals surface area contributed by atoms with E-state index in [0.29, 0.717) is 24.6 Å². The van der Waals surface area contributed by atoms with E-state index in [2.05, 4.69) is 10.6 Å². The molecule has 3 amide bonds. The first-order chi connectivity index (χ1) is 13.2. The molecule has 1 aliphatic carbocycles. The molecule has 2 fully saturated rings. The lowest BCUT2D eigenvalue weighted by atomic mass is 10.2. The smallest absolute Gasteiger partial charge is 0.315 e. The van der Waals surface area contributed by atoms with E-state index in [1.165, 1.54) is 12.8 Å². The van der Waals surface area contributed by atoms with Crippen molar-refractivity contribution in [3.63, 3.8) is 0 Å². The van der Waals surface area contributed by atoms with Gasteiger partial charge in [0, 0.05) is 25.2 Å². The number of benzene rings is 2. The maximum Gasteiger partial charge on any atom is 0.315 e. The van der Waals surface area contributed by atoms with E-state index in [9.17, 15) is 9.59 Å². The minimum Gasteiger partial charge on any atom is -0.457 e. The maximum atomic E-state index is 12.3. The number of nitrogens with zero attached hydrogens (tertiary/aromatic N) is 1. The third-order valence-corrected chi connectivity index (χ3v) is 4.84. The first kappa shape index (κ1) is 17.4. The van der Waals surface area contributed by atoms with E-state index in [1.807, 2.05) is 54.6 Å². The molecule has 1 heterocycles. The minimum atomic E-state index is -0.187. The Kier molecular flexibility index (Phi) is 4.96. The van der Waals surface area contributed by atoms with Crippen LogP contribution in [0, 0.1) is 5.92 Å². The molecule has 1 saturated carbocycles. The summed E-state index contributed by atoms with van der Waals surface area (Å²) in [5.74, 6) is 2.13. The number of hydrogen-bond acceptors (Lipinski definition) is 3. The second-order valence-corrected chi connectivity index (χ2v) is 7.11. The van der Waals surface area contributed by atoms with Crippen molar-refractivity contribution in [2.45, 2.75) is 25.3 Å². The van der Waals surface area contributed by atoms with Crippen molar-refractivity contribution in [1.29, 1.82) is 0 Å². The molecule has 1 atom stereocenters. The van der Waals surface area contributed by atoms with Crippen LogP contribution >= 0.6 is 0 Å². The number of carbonyl (C=O) groups is 2. The second-order valence-electron chi connectivity index (χ2n) is 7.11. The zero-order chi connectivity index (χ0) is 18.6. The van der Waals surface area contributed by atoms with Crippen LogP contribution in [-0.2, 0) is 4.79 Å². The molecule has 6 nitrogen and oxygen atoms in total. The number of ether oxygens (including phenoxy) is 1. The molecule has 0 bridgehead atoms. The summed E-state index contributed by atoms with van der Waals surface area (Å²) in [6, 6.07) is 16.6. The molecule has 0 radical (unpaired) electrons. The minimum absolute atomic E-state index is 0.0132. The van der Waals surface area contributed by atoms with Crippen molar-refractivity contribution in [2.75, 3.05) is 18.0 Å². The third kappa shape index (κ3) is 4.58. The standard InChI is InChI=1S/C21H23N3O3/c25-20-12-16(23-21(26)22-13-15-6-7-15)14-24(20)17-8-10-19(11-9-17)27-18-4-2-1-3-5-18/h1-5,8-11,15-16H,6-7,12-14H2,(H2,22,23,26). The summed E-state index contributed by atoms with van der Waals surface area (Å²) >= 11 is 0. The summed E-state index contributed by atoms with van der Waals surface area (Å²) in [6.45, 7) is 1.20. The van der Waals surface area contributed by atoms with Crippen LogP contribution in [0.2, 0.25) is 0 Å². The molecular weight excluding hydrogens is 342 g/mol. The average Bonchev–Trinajstić information content (AvgIpc) is 3.44. The topological polar surface area (TPSA) is 70.7 Å². The van der Waals surface area contributed by atoms with E-state index >= 15 is 0 Å². The summed E-state index contributed by atoms with van der Waals surface area (Å²) in [5, 5.41) is 5.77. The van der Waals surface area contributed by atoms with Gasteiger partial charge in [-0.05, 0) is 55.2 Å². The molecule has 2 aliphatic rings. The van der Waals surface area contributed by atoms with Gasteiger partial charge in [-0.15, -0.1) is 0 Å². The molecule has 2 aromatic carbocycles. The van der Waals surface area contributed by atoms with Gasteiger partial charge in [-0.1, -0.05) is 18.2 Å². The molecule has 0 aromatic heterocycles. The molecule has 6 heteroatoms. The normalized spacial score (nSPS) is 19.0. The van der Waals surface area contributed by atoms with Crippen LogP contribution in [0.3, 0.4) is 0 Å². The number of para-hydroxylation sites is 1. The van der Waals surface area contributed by atoms with Gasteiger partial charge in [0.2, 0.25) is 5.91 Å². The van der Waals surface area contributed by atoms with Crippen LogP contribution in [0.25, 0.3) is 0 Å². The summed E-state index contributed by atoms with van der Waals surface area (Å²) in [5.41, 5.74) is 0.808. The van der Waals surface area contributed by atoms with E-state index in [0.717, 1.165) is 18.0 Å². The maximum absolute atomic E-state index is 12.3. The second kappa shape index (κ2) is 7.70. The van der Waals surface area contributed by atoms with Crippen molar-refractivity contribution in [3.05, 3.63) is 54.6 Å². The lowest BCUT2D eigenvalue weighted by molar-refractivity contribution is -0.117. The van der Waals surface area contributed by atoms with E-state index in [-0.39, 0.29) is 18.0 Å². The molecule has 2 N–H and O–H groups in total. The van der Waals surface area contributed by atoms with Crippen molar-refractivity contribution in [3.8, 4) is 11.5 Å². The molecule has 1 saturated heterocycles. The Balaban J connectivity index is 1.32. The number of anilines is 1. The highest BCUT2D eigenvalue weighted by atomic mass is 16.5. The van der Waals surface area contributed by atoms with Crippen LogP contribution in [0.1, 0.15) is 19.3 Å². The fraction of sp³-hybridized carbons (Fsp3) is 0.333. The van der Waals surface area contributed by atoms with Crippen molar-refractivity contribution < 1.29 is 14.3 Å². The SMILES string of the molecule is O=C(NCC1CC1)NC1CC(=O)N(c2ccc(Oc3ccccc3)cc2)C1. The monoisotopic (exact) mass is 365 g/mol. The molecule has 140 valence electrons. The average molecular weight is 365 g/mol. The molecule has 1 aliphatic heterocycles. The van der Waals surface area contributed by atoms with Gasteiger partial charge < -0.3 is 20.3 Å². The molecule has 27 heavy (non-hydrogen) atoms. The number of hydrogen-bond donors (Lipinski definition) is 2. The van der Waals surface area contributed by atoms with Gasteiger partial charge in [0.25, 0.3) is 0 Å². The third-order valence-electron chi connectivity index (χ3n) is 4.84. The molecule has 4 rings (SSSR count). The first-order valence-electron chi connectivity index (χ1n) is 9.35. The highest BCUT2D eigenvalue weighted by molar-refractivity contribution is 5.96. The molecule has 2 aromatic rings.